The fourth-order valence-corrected chi connectivity index (χ4v) is 5.82. The van der Waals surface area contributed by atoms with Crippen LogP contribution in [-0.4, -0.2) is 52.7 Å². The van der Waals surface area contributed by atoms with Crippen molar-refractivity contribution in [2.45, 2.75) is 40.3 Å². The lowest BCUT2D eigenvalue weighted by Gasteiger charge is -2.30. The van der Waals surface area contributed by atoms with E-state index in [9.17, 15) is 19.2 Å². The fourth-order valence-electron chi connectivity index (χ4n) is 4.47. The number of pyridine rings is 1. The fraction of sp³-hybridized carbons (Fsp3) is 0.480. The second kappa shape index (κ2) is 9.19. The van der Waals surface area contributed by atoms with Crippen LogP contribution in [-0.2, 0) is 20.1 Å². The van der Waals surface area contributed by atoms with Gasteiger partial charge in [0.2, 0.25) is 0 Å². The Morgan fingerprint density at radius 1 is 1.15 bits per heavy atom. The van der Waals surface area contributed by atoms with Gasteiger partial charge in [-0.15, -0.1) is 0 Å². The minimum atomic E-state index is -2.47. The number of aryl methyl sites for hydroxylation is 1. The lowest BCUT2D eigenvalue weighted by atomic mass is 9.97. The van der Waals surface area contributed by atoms with Crippen molar-refractivity contribution in [1.29, 1.82) is 5.26 Å². The van der Waals surface area contributed by atoms with Gasteiger partial charge in [-0.2, -0.15) is 15.9 Å². The van der Waals surface area contributed by atoms with Gasteiger partial charge in [0.1, 0.15) is 0 Å². The Kier molecular flexibility index (Phi) is 6.62. The van der Waals surface area contributed by atoms with Crippen molar-refractivity contribution in [3.05, 3.63) is 51.9 Å². The lowest BCUT2D eigenvalue weighted by molar-refractivity contribution is 0.287. The molecule has 0 aliphatic carbocycles. The average molecular weight is 484 g/mol. The van der Waals surface area contributed by atoms with Gasteiger partial charge < -0.3 is 0 Å². The summed E-state index contributed by atoms with van der Waals surface area (Å²) < 4.78 is 23.4. The van der Waals surface area contributed by atoms with E-state index in [0.717, 1.165) is 29.6 Å². The summed E-state index contributed by atoms with van der Waals surface area (Å²) in [4.78, 5) is 19.9. The van der Waals surface area contributed by atoms with Crippen molar-refractivity contribution in [2.75, 3.05) is 24.6 Å². The highest BCUT2D eigenvalue weighted by molar-refractivity contribution is 8.24. The van der Waals surface area contributed by atoms with E-state index in [2.05, 4.69) is 31.7 Å². The number of rotatable bonds is 4. The van der Waals surface area contributed by atoms with Gasteiger partial charge in [-0.1, -0.05) is 26.8 Å². The first-order valence-corrected chi connectivity index (χ1v) is 13.4. The average Bonchev–Trinajstić information content (AvgIpc) is 2.89. The number of nitriles is 1. The standard InChI is InChI=1S/C25H33N5O3S/c1-25(2,3)17-30-22-9-8-21(27-23(22)28(4)24(30)31)20-14-18(6-7-19(20)15-26)16-29-10-5-12-34(32,33)13-11-29/h6-9,14,32-33H,5,10-13,16-17H2,1-4H3. The number of hydrogen-bond donors (Lipinski definition) is 2. The summed E-state index contributed by atoms with van der Waals surface area (Å²) in [7, 11) is -0.741. The molecule has 34 heavy (non-hydrogen) atoms. The largest absolute Gasteiger partial charge is 0.330 e. The molecular weight excluding hydrogens is 450 g/mol. The molecule has 2 aromatic heterocycles. The van der Waals surface area contributed by atoms with Crippen LogP contribution in [0, 0.1) is 16.7 Å². The summed E-state index contributed by atoms with van der Waals surface area (Å²) in [5.41, 5.74) is 4.17. The van der Waals surface area contributed by atoms with Gasteiger partial charge in [0, 0.05) is 44.5 Å². The molecule has 0 unspecified atom stereocenters. The first-order valence-electron chi connectivity index (χ1n) is 11.5. The van der Waals surface area contributed by atoms with Crippen molar-refractivity contribution < 1.29 is 9.11 Å². The Balaban J connectivity index is 1.69. The predicted molar refractivity (Wildman–Crippen MR) is 137 cm³/mol. The molecule has 182 valence electrons. The summed E-state index contributed by atoms with van der Waals surface area (Å²) in [6, 6.07) is 11.8. The second-order valence-electron chi connectivity index (χ2n) is 10.4. The Labute approximate surface area is 201 Å². The lowest BCUT2D eigenvalue weighted by Crippen LogP contribution is -2.27. The Morgan fingerprint density at radius 3 is 2.62 bits per heavy atom. The molecule has 0 bridgehead atoms. The number of fused-ring (bicyclic) bond motifs is 1. The van der Waals surface area contributed by atoms with Crippen LogP contribution in [0.25, 0.3) is 22.4 Å². The molecule has 4 rings (SSSR count). The first kappa shape index (κ1) is 24.5. The quantitative estimate of drug-likeness (QED) is 0.574. The van der Waals surface area contributed by atoms with E-state index in [1.165, 1.54) is 0 Å². The summed E-state index contributed by atoms with van der Waals surface area (Å²) >= 11 is 0. The van der Waals surface area contributed by atoms with Crippen molar-refractivity contribution in [1.82, 2.24) is 19.0 Å². The number of aromatic nitrogens is 3. The smallest absolute Gasteiger partial charge is 0.299 e. The Hall–Kier alpha value is -2.64. The van der Waals surface area contributed by atoms with Gasteiger partial charge in [-0.3, -0.25) is 23.1 Å². The van der Waals surface area contributed by atoms with Crippen molar-refractivity contribution >= 4 is 21.8 Å². The minimum absolute atomic E-state index is 0.0559. The number of nitrogens with zero attached hydrogens (tertiary/aromatic N) is 5. The Morgan fingerprint density at radius 2 is 1.91 bits per heavy atom. The van der Waals surface area contributed by atoms with Gasteiger partial charge in [0.05, 0.1) is 28.6 Å². The van der Waals surface area contributed by atoms with E-state index < -0.39 is 10.6 Å². The maximum Gasteiger partial charge on any atom is 0.330 e. The third-order valence-corrected chi connectivity index (χ3v) is 7.96. The highest BCUT2D eigenvalue weighted by atomic mass is 32.3. The zero-order valence-electron chi connectivity index (χ0n) is 20.3. The van der Waals surface area contributed by atoms with Crippen molar-refractivity contribution in [3.63, 3.8) is 0 Å². The molecule has 0 saturated carbocycles. The van der Waals surface area contributed by atoms with Crippen LogP contribution >= 0.6 is 10.6 Å². The molecule has 0 radical (unpaired) electrons. The van der Waals surface area contributed by atoms with Gasteiger partial charge in [-0.05, 0) is 41.7 Å². The zero-order chi connectivity index (χ0) is 24.7. The van der Waals surface area contributed by atoms with Crippen LogP contribution in [0.3, 0.4) is 0 Å². The summed E-state index contributed by atoms with van der Waals surface area (Å²) in [6.45, 7) is 8.97. The minimum Gasteiger partial charge on any atom is -0.299 e. The van der Waals surface area contributed by atoms with Crippen molar-refractivity contribution in [2.24, 2.45) is 12.5 Å². The summed E-state index contributed by atoms with van der Waals surface area (Å²) in [5, 5.41) is 9.73. The van der Waals surface area contributed by atoms with E-state index in [0.29, 0.717) is 48.0 Å². The highest BCUT2D eigenvalue weighted by Gasteiger charge is 2.21. The Bertz CT molecular complexity index is 1310. The van der Waals surface area contributed by atoms with Gasteiger partial charge >= 0.3 is 5.69 Å². The summed E-state index contributed by atoms with van der Waals surface area (Å²) in [6.07, 6.45) is 0.753. The molecule has 0 atom stereocenters. The molecule has 2 N–H and O–H groups in total. The van der Waals surface area contributed by atoms with E-state index >= 15 is 0 Å². The summed E-state index contributed by atoms with van der Waals surface area (Å²) in [5.74, 6) is 0.855. The molecule has 9 heteroatoms. The topological polar surface area (TPSA) is 107 Å². The molecule has 1 aromatic carbocycles. The molecule has 3 heterocycles. The molecule has 0 spiro atoms. The van der Waals surface area contributed by atoms with Crippen LogP contribution in [0.1, 0.15) is 38.3 Å². The molecule has 1 fully saturated rings. The van der Waals surface area contributed by atoms with Gasteiger partial charge in [-0.25, -0.2) is 9.78 Å². The number of imidazole rings is 1. The normalized spacial score (nSPS) is 17.9. The third-order valence-electron chi connectivity index (χ3n) is 6.18. The second-order valence-corrected chi connectivity index (χ2v) is 12.8. The van der Waals surface area contributed by atoms with Crippen LogP contribution in [0.2, 0.25) is 0 Å². The molecule has 3 aromatic rings. The van der Waals surface area contributed by atoms with Gasteiger partial charge in [0.25, 0.3) is 0 Å². The van der Waals surface area contributed by atoms with E-state index in [1.54, 1.807) is 16.2 Å². The third kappa shape index (κ3) is 5.20. The maximum atomic E-state index is 12.9. The van der Waals surface area contributed by atoms with Crippen molar-refractivity contribution in [3.8, 4) is 17.3 Å². The van der Waals surface area contributed by atoms with E-state index in [1.807, 2.05) is 30.3 Å². The first-order chi connectivity index (χ1) is 16.0. The maximum absolute atomic E-state index is 12.9. The van der Waals surface area contributed by atoms with Crippen LogP contribution in [0.5, 0.6) is 0 Å². The van der Waals surface area contributed by atoms with Crippen LogP contribution in [0.15, 0.2) is 35.1 Å². The van der Waals surface area contributed by atoms with E-state index in [4.69, 9.17) is 4.98 Å². The molecular formula is C25H33N5O3S. The number of benzene rings is 1. The molecule has 8 nitrogen and oxygen atoms in total. The predicted octanol–water partition coefficient (Wildman–Crippen LogP) is 4.28. The number of hydrogen-bond acceptors (Lipinski definition) is 6. The van der Waals surface area contributed by atoms with E-state index in [-0.39, 0.29) is 11.1 Å². The highest BCUT2D eigenvalue weighted by Crippen LogP contribution is 2.40. The molecule has 1 aliphatic heterocycles. The van der Waals surface area contributed by atoms with Gasteiger partial charge in [0.15, 0.2) is 5.65 Å². The molecule has 1 saturated heterocycles. The van der Waals surface area contributed by atoms with Crippen LogP contribution < -0.4 is 5.69 Å². The molecule has 0 amide bonds. The monoisotopic (exact) mass is 483 g/mol. The zero-order valence-corrected chi connectivity index (χ0v) is 21.1. The SMILES string of the molecule is Cn1c(=O)n(CC(C)(C)C)c2ccc(-c3cc(CN4CCCS(O)(O)CC4)ccc3C#N)nc21. The molecule has 1 aliphatic rings. The van der Waals surface area contributed by atoms with Crippen LogP contribution in [0.4, 0.5) is 0 Å².